The van der Waals surface area contributed by atoms with Crippen molar-refractivity contribution in [1.29, 1.82) is 5.26 Å². The van der Waals surface area contributed by atoms with Gasteiger partial charge in [-0.25, -0.2) is 4.39 Å². The number of halogens is 1. The summed E-state index contributed by atoms with van der Waals surface area (Å²) >= 11 is 0. The second kappa shape index (κ2) is 10.1. The van der Waals surface area contributed by atoms with Crippen LogP contribution in [0.4, 0.5) is 15.8 Å². The summed E-state index contributed by atoms with van der Waals surface area (Å²) in [7, 11) is 1.67. The largest absolute Gasteiger partial charge is 0.376 e. The van der Waals surface area contributed by atoms with Crippen LogP contribution in [0.3, 0.4) is 0 Å². The van der Waals surface area contributed by atoms with E-state index >= 15 is 0 Å². The molecule has 2 aromatic carbocycles. The van der Waals surface area contributed by atoms with Gasteiger partial charge in [0.1, 0.15) is 11.4 Å². The molecule has 0 saturated heterocycles. The maximum Gasteiger partial charge on any atom is 0.242 e. The summed E-state index contributed by atoms with van der Waals surface area (Å²) in [6.45, 7) is -0.0248. The van der Waals surface area contributed by atoms with Crippen molar-refractivity contribution < 1.29 is 14.0 Å². The molecule has 0 heterocycles. The highest BCUT2D eigenvalue weighted by atomic mass is 19.1. The van der Waals surface area contributed by atoms with E-state index in [9.17, 15) is 19.2 Å². The van der Waals surface area contributed by atoms with Crippen molar-refractivity contribution in [3.63, 3.8) is 0 Å². The molecule has 1 saturated carbocycles. The summed E-state index contributed by atoms with van der Waals surface area (Å²) in [5.41, 5.74) is 0.633. The number of likely N-dealkylation sites (N-methyl/N-ethyl adjacent to an activating group) is 1. The van der Waals surface area contributed by atoms with Crippen molar-refractivity contribution in [3.8, 4) is 6.07 Å². The van der Waals surface area contributed by atoms with Crippen molar-refractivity contribution in [1.82, 2.24) is 4.90 Å². The highest BCUT2D eigenvalue weighted by molar-refractivity contribution is 5.93. The van der Waals surface area contributed by atoms with Gasteiger partial charge in [-0.05, 0) is 36.6 Å². The fourth-order valence-corrected chi connectivity index (χ4v) is 3.90. The molecule has 1 aliphatic rings. The maximum absolute atomic E-state index is 14.2. The Morgan fingerprint density at radius 3 is 2.52 bits per heavy atom. The van der Waals surface area contributed by atoms with E-state index in [-0.39, 0.29) is 30.5 Å². The van der Waals surface area contributed by atoms with Crippen molar-refractivity contribution in [2.75, 3.05) is 24.2 Å². The van der Waals surface area contributed by atoms with Crippen LogP contribution in [-0.4, -0.2) is 35.8 Å². The van der Waals surface area contributed by atoms with Crippen LogP contribution in [0.25, 0.3) is 0 Å². The Morgan fingerprint density at radius 1 is 1.13 bits per heavy atom. The van der Waals surface area contributed by atoms with Gasteiger partial charge in [0, 0.05) is 12.7 Å². The van der Waals surface area contributed by atoms with Gasteiger partial charge >= 0.3 is 0 Å². The predicted octanol–water partition coefficient (Wildman–Crippen LogP) is 4.10. The Hall–Kier alpha value is -3.40. The van der Waals surface area contributed by atoms with Gasteiger partial charge < -0.3 is 15.5 Å². The molecule has 0 aromatic heterocycles. The molecule has 0 radical (unpaired) electrons. The van der Waals surface area contributed by atoms with E-state index in [0.29, 0.717) is 18.5 Å². The molecular weight excluding hydrogens is 395 g/mol. The van der Waals surface area contributed by atoms with Crippen LogP contribution in [0.5, 0.6) is 0 Å². The molecule has 0 bridgehead atoms. The number of rotatable bonds is 7. The molecule has 1 fully saturated rings. The Labute approximate surface area is 182 Å². The van der Waals surface area contributed by atoms with Crippen LogP contribution in [0.1, 0.15) is 37.7 Å². The van der Waals surface area contributed by atoms with E-state index in [1.54, 1.807) is 7.05 Å². The minimum absolute atomic E-state index is 0.0248. The molecule has 2 N–H and O–H groups in total. The van der Waals surface area contributed by atoms with E-state index in [0.717, 1.165) is 24.8 Å². The topological polar surface area (TPSA) is 85.2 Å². The molecule has 7 heteroatoms. The number of benzene rings is 2. The molecule has 0 aliphatic heterocycles. The first-order valence-electron chi connectivity index (χ1n) is 10.5. The molecule has 6 nitrogen and oxygen atoms in total. The quantitative estimate of drug-likeness (QED) is 0.703. The molecule has 3 rings (SSSR count). The smallest absolute Gasteiger partial charge is 0.242 e. The summed E-state index contributed by atoms with van der Waals surface area (Å²) in [6, 6.07) is 15.8. The number of hydrogen-bond acceptors (Lipinski definition) is 4. The zero-order valence-electron chi connectivity index (χ0n) is 17.7. The maximum atomic E-state index is 14.2. The van der Waals surface area contributed by atoms with E-state index in [2.05, 4.69) is 16.7 Å². The van der Waals surface area contributed by atoms with Crippen LogP contribution in [0.2, 0.25) is 0 Å². The Morgan fingerprint density at radius 2 is 1.84 bits per heavy atom. The summed E-state index contributed by atoms with van der Waals surface area (Å²) in [6.07, 6.45) is 4.44. The normalized spacial score (nSPS) is 14.9. The van der Waals surface area contributed by atoms with E-state index in [1.165, 1.54) is 23.1 Å². The summed E-state index contributed by atoms with van der Waals surface area (Å²) in [5, 5.41) is 15.2. The number of carbonyl (C=O) groups is 2. The second-order valence-electron chi connectivity index (χ2n) is 7.92. The van der Waals surface area contributed by atoms with Gasteiger partial charge in [0.15, 0.2) is 0 Å². The first kappa shape index (κ1) is 22.3. The number of nitrogens with one attached hydrogen (secondary N) is 2. The molecular formula is C24H27FN4O2. The third-order valence-electron chi connectivity index (χ3n) is 5.80. The Bertz CT molecular complexity index is 965. The van der Waals surface area contributed by atoms with Gasteiger partial charge in [-0.15, -0.1) is 0 Å². The van der Waals surface area contributed by atoms with Gasteiger partial charge in [0.25, 0.3) is 0 Å². The molecule has 2 aromatic rings. The monoisotopic (exact) mass is 422 g/mol. The molecule has 0 unspecified atom stereocenters. The summed E-state index contributed by atoms with van der Waals surface area (Å²) in [4.78, 5) is 26.5. The Balaban J connectivity index is 1.60. The lowest BCUT2D eigenvalue weighted by Crippen LogP contribution is -2.51. The number of carbonyl (C=O) groups excluding carboxylic acids is 2. The molecule has 31 heavy (non-hydrogen) atoms. The minimum atomic E-state index is -0.754. The average Bonchev–Trinajstić information content (AvgIpc) is 2.80. The van der Waals surface area contributed by atoms with Crippen molar-refractivity contribution in [2.45, 2.75) is 44.1 Å². The number of nitriles is 1. The van der Waals surface area contributed by atoms with Crippen LogP contribution in [-0.2, 0) is 16.0 Å². The first-order valence-corrected chi connectivity index (χ1v) is 10.5. The van der Waals surface area contributed by atoms with Gasteiger partial charge in [-0.3, -0.25) is 9.59 Å². The fraction of sp³-hybridized carbons (Fsp3) is 0.375. The highest BCUT2D eigenvalue weighted by Gasteiger charge is 2.38. The van der Waals surface area contributed by atoms with Crippen LogP contribution < -0.4 is 10.6 Å². The zero-order valence-corrected chi connectivity index (χ0v) is 17.7. The molecule has 0 atom stereocenters. The van der Waals surface area contributed by atoms with Crippen molar-refractivity contribution >= 4 is 23.2 Å². The summed E-state index contributed by atoms with van der Waals surface area (Å²) < 4.78 is 14.2. The van der Waals surface area contributed by atoms with Gasteiger partial charge in [0.05, 0.1) is 24.7 Å². The lowest BCUT2D eigenvalue weighted by molar-refractivity contribution is -0.132. The van der Waals surface area contributed by atoms with Crippen LogP contribution >= 0.6 is 0 Å². The van der Waals surface area contributed by atoms with Crippen LogP contribution in [0, 0.1) is 17.1 Å². The predicted molar refractivity (Wildman–Crippen MR) is 118 cm³/mol. The first-order chi connectivity index (χ1) is 14.9. The molecule has 2 amide bonds. The zero-order chi connectivity index (χ0) is 22.3. The number of hydrogen-bond donors (Lipinski definition) is 2. The molecule has 0 spiro atoms. The number of nitrogens with zero attached hydrogens (tertiary/aromatic N) is 2. The molecule has 1 aliphatic carbocycles. The van der Waals surface area contributed by atoms with E-state index in [4.69, 9.17) is 0 Å². The van der Waals surface area contributed by atoms with E-state index < -0.39 is 11.4 Å². The third kappa shape index (κ3) is 5.60. The van der Waals surface area contributed by atoms with Gasteiger partial charge in [0.2, 0.25) is 11.8 Å². The van der Waals surface area contributed by atoms with Crippen molar-refractivity contribution in [2.24, 2.45) is 0 Å². The average molecular weight is 423 g/mol. The lowest BCUT2D eigenvalue weighted by Gasteiger charge is -2.39. The van der Waals surface area contributed by atoms with Crippen LogP contribution in [0.15, 0.2) is 48.5 Å². The SMILES string of the molecule is CN(C(=O)CNc1ccc(F)c(NC(=O)Cc2ccccc2)c1)C1(C#N)CCCCC1. The second-order valence-corrected chi connectivity index (χ2v) is 7.92. The van der Waals surface area contributed by atoms with Gasteiger partial charge in [-0.1, -0.05) is 49.6 Å². The summed E-state index contributed by atoms with van der Waals surface area (Å²) in [5.74, 6) is -1.09. The van der Waals surface area contributed by atoms with Crippen molar-refractivity contribution in [3.05, 3.63) is 59.9 Å². The van der Waals surface area contributed by atoms with Gasteiger partial charge in [-0.2, -0.15) is 5.26 Å². The fourth-order valence-electron chi connectivity index (χ4n) is 3.90. The third-order valence-corrected chi connectivity index (χ3v) is 5.80. The molecule has 162 valence electrons. The highest BCUT2D eigenvalue weighted by Crippen LogP contribution is 2.32. The minimum Gasteiger partial charge on any atom is -0.376 e. The number of anilines is 2. The number of amides is 2. The Kier molecular flexibility index (Phi) is 7.24. The standard InChI is InChI=1S/C24H27FN4O2/c1-29(24(17-26)12-6-3-7-13-24)23(31)16-27-19-10-11-20(25)21(15-19)28-22(30)14-18-8-4-2-5-9-18/h2,4-5,8-11,15,27H,3,6-7,12-14,16H2,1H3,(H,28,30). The van der Waals surface area contributed by atoms with E-state index in [1.807, 2.05) is 30.3 Å². The lowest BCUT2D eigenvalue weighted by atomic mass is 9.81.